The molecule has 2 N–H and O–H groups in total. The molecule has 1 heterocycles. The molecular formula is C16H17FN4O2. The molecule has 0 spiro atoms. The summed E-state index contributed by atoms with van der Waals surface area (Å²) in [5.41, 5.74) is 4.34. The van der Waals surface area contributed by atoms with Crippen LogP contribution in [0.4, 0.5) is 4.39 Å². The maximum atomic E-state index is 13.0. The summed E-state index contributed by atoms with van der Waals surface area (Å²) in [5, 5.41) is 12.7. The average Bonchev–Trinajstić information content (AvgIpc) is 2.93. The van der Waals surface area contributed by atoms with Gasteiger partial charge in [-0.3, -0.25) is 10.7 Å². The van der Waals surface area contributed by atoms with E-state index in [0.717, 1.165) is 43.4 Å². The molecule has 2 aromatic rings. The van der Waals surface area contributed by atoms with Crippen LogP contribution in [0.15, 0.2) is 39.5 Å². The molecule has 0 fully saturated rings. The van der Waals surface area contributed by atoms with E-state index in [1.54, 1.807) is 12.1 Å². The second kappa shape index (κ2) is 7.15. The van der Waals surface area contributed by atoms with E-state index >= 15 is 0 Å². The van der Waals surface area contributed by atoms with Gasteiger partial charge in [0.1, 0.15) is 12.2 Å². The molecule has 3 rings (SSSR count). The Morgan fingerprint density at radius 3 is 2.74 bits per heavy atom. The molecule has 0 bridgehead atoms. The Morgan fingerprint density at radius 2 is 1.96 bits per heavy atom. The van der Waals surface area contributed by atoms with Crippen molar-refractivity contribution in [2.45, 2.75) is 32.1 Å². The third kappa shape index (κ3) is 3.62. The summed E-state index contributed by atoms with van der Waals surface area (Å²) >= 11 is 0. The minimum absolute atomic E-state index is 0.308. The van der Waals surface area contributed by atoms with Crippen LogP contribution in [0.5, 0.6) is 0 Å². The van der Waals surface area contributed by atoms with E-state index in [1.807, 2.05) is 5.48 Å². The van der Waals surface area contributed by atoms with Crippen LogP contribution in [0.1, 0.15) is 38.0 Å². The molecule has 0 atom stereocenters. The van der Waals surface area contributed by atoms with Crippen molar-refractivity contribution in [3.63, 3.8) is 0 Å². The number of benzene rings is 1. The second-order valence-corrected chi connectivity index (χ2v) is 5.30. The average molecular weight is 316 g/mol. The van der Waals surface area contributed by atoms with Gasteiger partial charge in [0.2, 0.25) is 5.82 Å². The topological polar surface area (TPSA) is 83.5 Å². The normalized spacial score (nSPS) is 15.9. The van der Waals surface area contributed by atoms with Crippen molar-refractivity contribution in [2.75, 3.05) is 0 Å². The summed E-state index contributed by atoms with van der Waals surface area (Å²) in [6.07, 6.45) is 5.98. The lowest BCUT2D eigenvalue weighted by molar-refractivity contribution is 0.239. The van der Waals surface area contributed by atoms with E-state index in [2.05, 4.69) is 15.1 Å². The van der Waals surface area contributed by atoms with Gasteiger partial charge in [-0.05, 0) is 49.9 Å². The smallest absolute Gasteiger partial charge is 0.256 e. The van der Waals surface area contributed by atoms with Gasteiger partial charge >= 0.3 is 0 Å². The highest BCUT2D eigenvalue weighted by molar-refractivity contribution is 5.67. The number of aromatic nitrogens is 2. The molecule has 6 nitrogen and oxygen atoms in total. The highest BCUT2D eigenvalue weighted by atomic mass is 19.1. The van der Waals surface area contributed by atoms with Crippen LogP contribution in [-0.4, -0.2) is 21.7 Å². The maximum absolute atomic E-state index is 13.0. The molecule has 0 saturated carbocycles. The Bertz CT molecular complexity index is 722. The first-order chi connectivity index (χ1) is 11.3. The number of hydrogen-bond acceptors (Lipinski definition) is 5. The predicted molar refractivity (Wildman–Crippen MR) is 83.1 cm³/mol. The van der Waals surface area contributed by atoms with Crippen LogP contribution < -0.4 is 5.48 Å². The number of rotatable bonds is 4. The first-order valence-electron chi connectivity index (χ1n) is 7.52. The Kier molecular flexibility index (Phi) is 4.77. The standard InChI is InChI=1S/C16H17FN4O2/c17-12-8-6-11(7-9-12)15-20-16(23-21-15)13-4-2-1-3-5-14(13)18-10-19-22/h6-10,22H,1-5H2,(H,18,19). The summed E-state index contributed by atoms with van der Waals surface area (Å²) in [5.74, 6) is 0.536. The number of allylic oxidation sites excluding steroid dienone is 2. The maximum Gasteiger partial charge on any atom is 0.256 e. The first-order valence-corrected chi connectivity index (χ1v) is 7.52. The monoisotopic (exact) mass is 316 g/mol. The summed E-state index contributed by atoms with van der Waals surface area (Å²) < 4.78 is 18.4. The van der Waals surface area contributed by atoms with Gasteiger partial charge in [-0.2, -0.15) is 4.98 Å². The van der Waals surface area contributed by atoms with E-state index in [1.165, 1.54) is 18.5 Å². The second-order valence-electron chi connectivity index (χ2n) is 5.30. The minimum Gasteiger partial charge on any atom is -0.334 e. The number of hydrogen-bond donors (Lipinski definition) is 2. The van der Waals surface area contributed by atoms with Gasteiger partial charge in [0.05, 0.1) is 5.70 Å². The Hall–Kier alpha value is -2.54. The SMILES string of the molecule is ONC=NC1=C(c2nc(-c3ccc(F)cc3)no2)CCCCC1. The van der Waals surface area contributed by atoms with Gasteiger partial charge < -0.3 is 4.52 Å². The van der Waals surface area contributed by atoms with Gasteiger partial charge in [-0.1, -0.05) is 11.6 Å². The van der Waals surface area contributed by atoms with Gasteiger partial charge in [-0.15, -0.1) is 0 Å². The molecule has 1 aromatic carbocycles. The lowest BCUT2D eigenvalue weighted by Gasteiger charge is -2.03. The number of nitrogens with one attached hydrogen (secondary N) is 1. The van der Waals surface area contributed by atoms with Gasteiger partial charge in [0.15, 0.2) is 0 Å². The van der Waals surface area contributed by atoms with Crippen molar-refractivity contribution in [3.05, 3.63) is 41.7 Å². The predicted octanol–water partition coefficient (Wildman–Crippen LogP) is 3.56. The third-order valence-corrected chi connectivity index (χ3v) is 3.75. The van der Waals surface area contributed by atoms with Crippen molar-refractivity contribution in [3.8, 4) is 11.4 Å². The lowest BCUT2D eigenvalue weighted by atomic mass is 10.1. The Balaban J connectivity index is 1.94. The van der Waals surface area contributed by atoms with Crippen molar-refractivity contribution in [1.29, 1.82) is 0 Å². The third-order valence-electron chi connectivity index (χ3n) is 3.75. The van der Waals surface area contributed by atoms with Gasteiger partial charge in [-0.25, -0.2) is 9.38 Å². The molecule has 120 valence electrons. The zero-order chi connectivity index (χ0) is 16.1. The molecule has 0 saturated heterocycles. The van der Waals surface area contributed by atoms with Gasteiger partial charge in [0, 0.05) is 11.1 Å². The quantitative estimate of drug-likeness (QED) is 0.512. The molecule has 1 aliphatic rings. The summed E-state index contributed by atoms with van der Waals surface area (Å²) in [6.45, 7) is 0. The first kappa shape index (κ1) is 15.4. The lowest BCUT2D eigenvalue weighted by Crippen LogP contribution is -2.02. The molecule has 1 aromatic heterocycles. The Labute approximate surface area is 132 Å². The van der Waals surface area contributed by atoms with Crippen molar-refractivity contribution < 1.29 is 14.1 Å². The van der Waals surface area contributed by atoms with E-state index in [0.29, 0.717) is 17.3 Å². The number of halogens is 1. The van der Waals surface area contributed by atoms with Crippen LogP contribution in [0.25, 0.3) is 17.0 Å². The molecule has 0 aliphatic heterocycles. The Morgan fingerprint density at radius 1 is 1.17 bits per heavy atom. The molecule has 0 unspecified atom stereocenters. The van der Waals surface area contributed by atoms with Crippen LogP contribution in [0, 0.1) is 5.82 Å². The fourth-order valence-corrected chi connectivity index (χ4v) is 2.61. The van der Waals surface area contributed by atoms with E-state index in [4.69, 9.17) is 9.73 Å². The van der Waals surface area contributed by atoms with E-state index in [-0.39, 0.29) is 5.82 Å². The molecule has 1 aliphatic carbocycles. The highest BCUT2D eigenvalue weighted by Gasteiger charge is 2.19. The molecular weight excluding hydrogens is 299 g/mol. The number of hydroxylamine groups is 1. The zero-order valence-corrected chi connectivity index (χ0v) is 12.5. The van der Waals surface area contributed by atoms with Crippen LogP contribution in [0.2, 0.25) is 0 Å². The molecule has 0 amide bonds. The molecule has 0 radical (unpaired) electrons. The van der Waals surface area contributed by atoms with E-state index < -0.39 is 0 Å². The summed E-state index contributed by atoms with van der Waals surface area (Å²) in [4.78, 5) is 8.65. The van der Waals surface area contributed by atoms with Crippen LogP contribution in [-0.2, 0) is 0 Å². The fraction of sp³-hybridized carbons (Fsp3) is 0.312. The minimum atomic E-state index is -0.308. The largest absolute Gasteiger partial charge is 0.334 e. The van der Waals surface area contributed by atoms with E-state index in [9.17, 15) is 4.39 Å². The molecule has 23 heavy (non-hydrogen) atoms. The fourth-order valence-electron chi connectivity index (χ4n) is 2.61. The van der Waals surface area contributed by atoms with Crippen molar-refractivity contribution in [1.82, 2.24) is 15.6 Å². The number of aliphatic imine (C=N–C) groups is 1. The molecule has 7 heteroatoms. The van der Waals surface area contributed by atoms with Crippen LogP contribution in [0.3, 0.4) is 0 Å². The number of nitrogens with zero attached hydrogens (tertiary/aromatic N) is 3. The van der Waals surface area contributed by atoms with Crippen molar-refractivity contribution >= 4 is 11.9 Å². The summed E-state index contributed by atoms with van der Waals surface area (Å²) in [6, 6.07) is 5.94. The van der Waals surface area contributed by atoms with Crippen LogP contribution >= 0.6 is 0 Å². The van der Waals surface area contributed by atoms with Crippen molar-refractivity contribution in [2.24, 2.45) is 4.99 Å². The highest BCUT2D eigenvalue weighted by Crippen LogP contribution is 2.32. The summed E-state index contributed by atoms with van der Waals surface area (Å²) in [7, 11) is 0. The zero-order valence-electron chi connectivity index (χ0n) is 12.5. The van der Waals surface area contributed by atoms with Gasteiger partial charge in [0.25, 0.3) is 5.89 Å².